The Kier molecular flexibility index (Phi) is 3.76. The third-order valence-corrected chi connectivity index (χ3v) is 5.62. The van der Waals surface area contributed by atoms with Gasteiger partial charge < -0.3 is 9.26 Å². The number of aromatic nitrogens is 2. The molecule has 4 heterocycles. The average molecular weight is 319 g/mol. The molecule has 2 saturated heterocycles. The Morgan fingerprint density at radius 1 is 1.27 bits per heavy atom. The lowest BCUT2D eigenvalue weighted by Gasteiger charge is -2.34. The van der Waals surface area contributed by atoms with Crippen molar-refractivity contribution in [1.29, 1.82) is 0 Å². The molecule has 0 unspecified atom stereocenters. The van der Waals surface area contributed by atoms with Crippen LogP contribution in [-0.2, 0) is 11.3 Å². The smallest absolute Gasteiger partial charge is 0.255 e. The summed E-state index contributed by atoms with van der Waals surface area (Å²) in [7, 11) is 0. The molecule has 22 heavy (non-hydrogen) atoms. The summed E-state index contributed by atoms with van der Waals surface area (Å²) in [5.41, 5.74) is 0. The van der Waals surface area contributed by atoms with Gasteiger partial charge in [-0.15, -0.1) is 11.3 Å². The van der Waals surface area contributed by atoms with Gasteiger partial charge in [0.25, 0.3) is 5.89 Å². The average Bonchev–Trinajstić information content (AvgIpc) is 3.21. The minimum absolute atomic E-state index is 0.0219. The molecule has 0 aliphatic carbocycles. The number of hydrogen-bond donors (Lipinski definition) is 0. The highest BCUT2D eigenvalue weighted by molar-refractivity contribution is 7.11. The van der Waals surface area contributed by atoms with E-state index in [4.69, 9.17) is 9.26 Å². The van der Waals surface area contributed by atoms with Crippen LogP contribution < -0.4 is 0 Å². The first-order valence-corrected chi connectivity index (χ1v) is 8.76. The molecule has 0 spiro atoms. The number of hydrogen-bond acceptors (Lipinski definition) is 6. The molecule has 2 aromatic heterocycles. The standard InChI is InChI=1S/C16H21N3O2S/c1-10-3-4-12(22-10)9-19-8-7-14-13(19)5-6-15(20-14)16-17-11(2)18-21-16/h3-4,13-15H,5-9H2,1-2H3/t13-,14-,15-/m0/s1. The third kappa shape index (κ3) is 2.71. The van der Waals surface area contributed by atoms with Crippen LogP contribution in [0, 0.1) is 13.8 Å². The van der Waals surface area contributed by atoms with Crippen LogP contribution in [0.4, 0.5) is 0 Å². The predicted octanol–water partition coefficient (Wildman–Crippen LogP) is 3.24. The molecule has 0 radical (unpaired) electrons. The quantitative estimate of drug-likeness (QED) is 0.869. The highest BCUT2D eigenvalue weighted by Crippen LogP contribution is 2.38. The monoisotopic (exact) mass is 319 g/mol. The van der Waals surface area contributed by atoms with Gasteiger partial charge >= 0.3 is 0 Å². The van der Waals surface area contributed by atoms with Gasteiger partial charge in [-0.3, -0.25) is 4.90 Å². The van der Waals surface area contributed by atoms with Crippen molar-refractivity contribution in [2.24, 2.45) is 0 Å². The van der Waals surface area contributed by atoms with Crippen LogP contribution in [0.25, 0.3) is 0 Å². The molecule has 6 heteroatoms. The van der Waals surface area contributed by atoms with E-state index in [1.807, 2.05) is 18.3 Å². The summed E-state index contributed by atoms with van der Waals surface area (Å²) < 4.78 is 11.5. The normalized spacial score (nSPS) is 28.9. The second kappa shape index (κ2) is 5.76. The van der Waals surface area contributed by atoms with E-state index < -0.39 is 0 Å². The molecular formula is C16H21N3O2S. The Balaban J connectivity index is 1.41. The minimum atomic E-state index is -0.0219. The van der Waals surface area contributed by atoms with E-state index >= 15 is 0 Å². The molecule has 3 atom stereocenters. The Hall–Kier alpha value is -1.24. The molecule has 0 N–H and O–H groups in total. The van der Waals surface area contributed by atoms with E-state index in [1.54, 1.807) is 0 Å². The van der Waals surface area contributed by atoms with Crippen molar-refractivity contribution in [3.8, 4) is 0 Å². The summed E-state index contributed by atoms with van der Waals surface area (Å²) >= 11 is 1.90. The zero-order chi connectivity index (χ0) is 15.1. The van der Waals surface area contributed by atoms with Gasteiger partial charge in [-0.05, 0) is 45.2 Å². The maximum absolute atomic E-state index is 6.25. The first kappa shape index (κ1) is 14.4. The van der Waals surface area contributed by atoms with Gasteiger partial charge in [0.15, 0.2) is 5.82 Å². The molecular weight excluding hydrogens is 298 g/mol. The fourth-order valence-corrected chi connectivity index (χ4v) is 4.52. The molecule has 2 aliphatic heterocycles. The lowest BCUT2D eigenvalue weighted by molar-refractivity contribution is -0.0831. The van der Waals surface area contributed by atoms with Gasteiger partial charge in [0.2, 0.25) is 0 Å². The molecule has 0 aromatic carbocycles. The first-order chi connectivity index (χ1) is 10.7. The third-order valence-electron chi connectivity index (χ3n) is 4.64. The van der Waals surface area contributed by atoms with E-state index in [0.717, 1.165) is 32.4 Å². The van der Waals surface area contributed by atoms with E-state index in [-0.39, 0.29) is 6.10 Å². The van der Waals surface area contributed by atoms with Crippen LogP contribution in [0.2, 0.25) is 0 Å². The lowest BCUT2D eigenvalue weighted by atomic mass is 9.99. The summed E-state index contributed by atoms with van der Waals surface area (Å²) in [6, 6.07) is 4.99. The second-order valence-corrected chi connectivity index (χ2v) is 7.63. The zero-order valence-corrected chi connectivity index (χ0v) is 13.8. The van der Waals surface area contributed by atoms with Crippen molar-refractivity contribution in [3.63, 3.8) is 0 Å². The molecule has 2 aromatic rings. The lowest BCUT2D eigenvalue weighted by Crippen LogP contribution is -2.40. The molecule has 2 fully saturated rings. The first-order valence-electron chi connectivity index (χ1n) is 7.94. The van der Waals surface area contributed by atoms with Gasteiger partial charge in [-0.2, -0.15) is 4.98 Å². The van der Waals surface area contributed by atoms with Crippen LogP contribution in [0.3, 0.4) is 0 Å². The molecule has 0 amide bonds. The van der Waals surface area contributed by atoms with Gasteiger partial charge in [-0.1, -0.05) is 5.16 Å². The van der Waals surface area contributed by atoms with Crippen LogP contribution in [0.5, 0.6) is 0 Å². The molecule has 0 saturated carbocycles. The molecule has 0 bridgehead atoms. The van der Waals surface area contributed by atoms with E-state index in [1.165, 1.54) is 9.75 Å². The highest BCUT2D eigenvalue weighted by atomic mass is 32.1. The number of fused-ring (bicyclic) bond motifs is 1. The number of nitrogens with zero attached hydrogens (tertiary/aromatic N) is 3. The number of ether oxygens (including phenoxy) is 1. The number of rotatable bonds is 3. The SMILES string of the molecule is Cc1noc([C@@H]2CC[C@H]3[C@H](CCN3Cc3ccc(C)s3)O2)n1. The maximum atomic E-state index is 6.25. The van der Waals surface area contributed by atoms with E-state index in [2.05, 4.69) is 34.1 Å². The molecule has 4 rings (SSSR count). The zero-order valence-electron chi connectivity index (χ0n) is 13.0. The molecule has 2 aliphatic rings. The number of thiophene rings is 1. The van der Waals surface area contributed by atoms with Crippen LogP contribution in [-0.4, -0.2) is 33.7 Å². The fraction of sp³-hybridized carbons (Fsp3) is 0.625. The Bertz CT molecular complexity index is 653. The summed E-state index contributed by atoms with van der Waals surface area (Å²) in [6.07, 6.45) is 3.47. The van der Waals surface area contributed by atoms with Crippen LogP contribution in [0.1, 0.15) is 46.8 Å². The maximum Gasteiger partial charge on any atom is 0.255 e. The summed E-state index contributed by atoms with van der Waals surface area (Å²) in [4.78, 5) is 9.74. The summed E-state index contributed by atoms with van der Waals surface area (Å²) in [5, 5.41) is 3.88. The second-order valence-electron chi connectivity index (χ2n) is 6.26. The van der Waals surface area contributed by atoms with Crippen molar-refractivity contribution in [2.45, 2.75) is 57.9 Å². The summed E-state index contributed by atoms with van der Waals surface area (Å²) in [5.74, 6) is 1.32. The topological polar surface area (TPSA) is 51.4 Å². The van der Waals surface area contributed by atoms with E-state index in [0.29, 0.717) is 23.9 Å². The minimum Gasteiger partial charge on any atom is -0.363 e. The number of aryl methyl sites for hydroxylation is 2. The van der Waals surface area contributed by atoms with Crippen molar-refractivity contribution >= 4 is 11.3 Å². The van der Waals surface area contributed by atoms with Crippen molar-refractivity contribution in [3.05, 3.63) is 33.6 Å². The summed E-state index contributed by atoms with van der Waals surface area (Å²) in [6.45, 7) is 6.18. The Morgan fingerprint density at radius 3 is 2.91 bits per heavy atom. The van der Waals surface area contributed by atoms with Gasteiger partial charge in [-0.25, -0.2) is 0 Å². The number of likely N-dealkylation sites (tertiary alicyclic amines) is 1. The van der Waals surface area contributed by atoms with Gasteiger partial charge in [0.05, 0.1) is 6.10 Å². The Labute approximate surface area is 134 Å². The van der Waals surface area contributed by atoms with Crippen molar-refractivity contribution in [1.82, 2.24) is 15.0 Å². The fourth-order valence-electron chi connectivity index (χ4n) is 3.61. The molecule has 118 valence electrons. The van der Waals surface area contributed by atoms with Crippen molar-refractivity contribution < 1.29 is 9.26 Å². The largest absolute Gasteiger partial charge is 0.363 e. The van der Waals surface area contributed by atoms with E-state index in [9.17, 15) is 0 Å². The van der Waals surface area contributed by atoms with Gasteiger partial charge in [0.1, 0.15) is 6.10 Å². The van der Waals surface area contributed by atoms with Crippen molar-refractivity contribution in [2.75, 3.05) is 6.54 Å². The van der Waals surface area contributed by atoms with Crippen LogP contribution >= 0.6 is 11.3 Å². The van der Waals surface area contributed by atoms with Crippen LogP contribution in [0.15, 0.2) is 16.7 Å². The van der Waals surface area contributed by atoms with Gasteiger partial charge in [0, 0.05) is 28.9 Å². The Morgan fingerprint density at radius 2 is 2.18 bits per heavy atom. The molecule has 5 nitrogen and oxygen atoms in total. The highest BCUT2D eigenvalue weighted by Gasteiger charge is 2.41. The predicted molar refractivity (Wildman–Crippen MR) is 83.8 cm³/mol.